The summed E-state index contributed by atoms with van der Waals surface area (Å²) >= 11 is 1.61. The van der Waals surface area contributed by atoms with Gasteiger partial charge in [0.15, 0.2) is 11.1 Å². The van der Waals surface area contributed by atoms with Gasteiger partial charge in [-0.3, -0.25) is 4.99 Å². The highest BCUT2D eigenvalue weighted by Crippen LogP contribution is 2.18. The molecule has 0 bridgehead atoms. The maximum atomic E-state index is 10.8. The number of aliphatic imine (C=N–C) groups is 1. The van der Waals surface area contributed by atoms with Crippen molar-refractivity contribution in [3.63, 3.8) is 0 Å². The van der Waals surface area contributed by atoms with Crippen molar-refractivity contribution >= 4 is 56.4 Å². The van der Waals surface area contributed by atoms with Gasteiger partial charge in [-0.15, -0.1) is 35.3 Å². The standard InChI is InChI=1S/C10H18N6O2S2.HI/c11-9(13-2-8-20(12,17)18)15-3-5-16(6-4-15)10-14-1-7-19-10;/h1,7H,2-6,8H2,(H2,11,13)(H2,12,17,18);1H. The fourth-order valence-corrected chi connectivity index (χ4v) is 2.93. The molecule has 1 aromatic rings. The quantitative estimate of drug-likeness (QED) is 0.365. The maximum absolute atomic E-state index is 10.8. The minimum atomic E-state index is -3.49. The van der Waals surface area contributed by atoms with E-state index in [2.05, 4.69) is 14.9 Å². The van der Waals surface area contributed by atoms with E-state index < -0.39 is 10.0 Å². The molecule has 1 aromatic heterocycles. The van der Waals surface area contributed by atoms with Crippen molar-refractivity contribution in [3.8, 4) is 0 Å². The van der Waals surface area contributed by atoms with E-state index in [0.717, 1.165) is 31.3 Å². The predicted molar refractivity (Wildman–Crippen MR) is 95.8 cm³/mol. The number of hydrogen-bond donors (Lipinski definition) is 2. The molecule has 0 unspecified atom stereocenters. The first-order chi connectivity index (χ1) is 9.46. The Hall–Kier alpha value is -0.660. The molecule has 1 aliphatic rings. The van der Waals surface area contributed by atoms with Crippen LogP contribution in [-0.4, -0.2) is 62.7 Å². The molecular formula is C10H19IN6O2S2. The van der Waals surface area contributed by atoms with Gasteiger partial charge in [0.05, 0.1) is 12.3 Å². The van der Waals surface area contributed by atoms with E-state index in [-0.39, 0.29) is 36.3 Å². The lowest BCUT2D eigenvalue weighted by Crippen LogP contribution is -2.51. The Morgan fingerprint density at radius 3 is 2.57 bits per heavy atom. The fourth-order valence-electron chi connectivity index (χ4n) is 1.89. The SMILES string of the molecule is I.NC(=NCCS(N)(=O)=O)N1CCN(c2nccs2)CC1. The smallest absolute Gasteiger partial charge is 0.210 e. The lowest BCUT2D eigenvalue weighted by molar-refractivity contribution is 0.381. The normalized spacial score (nSPS) is 16.7. The van der Waals surface area contributed by atoms with Crippen LogP contribution in [0.5, 0.6) is 0 Å². The van der Waals surface area contributed by atoms with E-state index >= 15 is 0 Å². The average molecular weight is 446 g/mol. The molecule has 0 aromatic carbocycles. The summed E-state index contributed by atoms with van der Waals surface area (Å²) in [6.07, 6.45) is 1.79. The van der Waals surface area contributed by atoms with Gasteiger partial charge in [-0.2, -0.15) is 0 Å². The van der Waals surface area contributed by atoms with E-state index in [4.69, 9.17) is 10.9 Å². The van der Waals surface area contributed by atoms with Crippen molar-refractivity contribution in [2.45, 2.75) is 0 Å². The number of halogens is 1. The number of guanidine groups is 1. The first-order valence-corrected chi connectivity index (χ1v) is 8.75. The number of sulfonamides is 1. The van der Waals surface area contributed by atoms with Crippen molar-refractivity contribution in [1.82, 2.24) is 9.88 Å². The molecule has 0 saturated carbocycles. The molecule has 120 valence electrons. The van der Waals surface area contributed by atoms with Crippen LogP contribution in [0.4, 0.5) is 5.13 Å². The molecule has 4 N–H and O–H groups in total. The van der Waals surface area contributed by atoms with Crippen LogP contribution >= 0.6 is 35.3 Å². The second-order valence-electron chi connectivity index (χ2n) is 4.40. The molecule has 1 aliphatic heterocycles. The monoisotopic (exact) mass is 446 g/mol. The second-order valence-corrected chi connectivity index (χ2v) is 7.00. The average Bonchev–Trinajstić information content (AvgIpc) is 2.91. The van der Waals surface area contributed by atoms with Crippen LogP contribution in [-0.2, 0) is 10.0 Å². The van der Waals surface area contributed by atoms with E-state index in [0.29, 0.717) is 5.96 Å². The number of thiazole rings is 1. The van der Waals surface area contributed by atoms with E-state index in [1.54, 1.807) is 17.5 Å². The molecule has 1 saturated heterocycles. The topological polar surface area (TPSA) is 118 Å². The number of piperazine rings is 1. The third kappa shape index (κ3) is 5.92. The van der Waals surface area contributed by atoms with Crippen molar-refractivity contribution in [2.24, 2.45) is 15.9 Å². The van der Waals surface area contributed by atoms with Crippen LogP contribution in [0.25, 0.3) is 0 Å². The summed E-state index contributed by atoms with van der Waals surface area (Å²) in [5.41, 5.74) is 5.85. The predicted octanol–water partition coefficient (Wildman–Crippen LogP) is -0.514. The molecular weight excluding hydrogens is 427 g/mol. The van der Waals surface area contributed by atoms with Crippen molar-refractivity contribution < 1.29 is 8.42 Å². The first-order valence-electron chi connectivity index (χ1n) is 6.15. The lowest BCUT2D eigenvalue weighted by atomic mass is 10.3. The zero-order chi connectivity index (χ0) is 14.6. The summed E-state index contributed by atoms with van der Waals surface area (Å²) in [5, 5.41) is 7.87. The summed E-state index contributed by atoms with van der Waals surface area (Å²) < 4.78 is 21.6. The zero-order valence-corrected chi connectivity index (χ0v) is 15.3. The molecule has 1 fully saturated rings. The van der Waals surface area contributed by atoms with E-state index in [1.165, 1.54) is 0 Å². The van der Waals surface area contributed by atoms with Gasteiger partial charge in [-0.1, -0.05) is 0 Å². The largest absolute Gasteiger partial charge is 0.370 e. The number of hydrogen-bond acceptors (Lipinski definition) is 6. The van der Waals surface area contributed by atoms with Gasteiger partial charge >= 0.3 is 0 Å². The highest BCUT2D eigenvalue weighted by molar-refractivity contribution is 14.0. The Kier molecular flexibility index (Phi) is 7.09. The number of rotatable bonds is 4. The molecule has 21 heavy (non-hydrogen) atoms. The maximum Gasteiger partial charge on any atom is 0.210 e. The summed E-state index contributed by atoms with van der Waals surface area (Å²) in [5.74, 6) is 0.180. The minimum Gasteiger partial charge on any atom is -0.370 e. The molecule has 0 spiro atoms. The Balaban J connectivity index is 0.00000220. The van der Waals surface area contributed by atoms with Gasteiger partial charge < -0.3 is 15.5 Å². The Morgan fingerprint density at radius 2 is 2.05 bits per heavy atom. The number of anilines is 1. The highest BCUT2D eigenvalue weighted by atomic mass is 127. The molecule has 2 rings (SSSR count). The Bertz CT molecular complexity index is 554. The number of nitrogens with two attached hydrogens (primary N) is 2. The molecule has 11 heteroatoms. The summed E-state index contributed by atoms with van der Waals surface area (Å²) in [7, 11) is -3.49. The van der Waals surface area contributed by atoms with Crippen molar-refractivity contribution in [2.75, 3.05) is 43.4 Å². The Morgan fingerprint density at radius 1 is 1.38 bits per heavy atom. The van der Waals surface area contributed by atoms with Crippen LogP contribution in [0.1, 0.15) is 0 Å². The first kappa shape index (κ1) is 18.4. The van der Waals surface area contributed by atoms with Crippen molar-refractivity contribution in [1.29, 1.82) is 0 Å². The molecule has 0 amide bonds. The third-order valence-corrected chi connectivity index (χ3v) is 4.53. The molecule has 2 heterocycles. The van der Waals surface area contributed by atoms with Crippen molar-refractivity contribution in [3.05, 3.63) is 11.6 Å². The Labute approximate surface area is 145 Å². The summed E-state index contributed by atoms with van der Waals surface area (Å²) in [6.45, 7) is 3.21. The van der Waals surface area contributed by atoms with Crippen LogP contribution < -0.4 is 15.8 Å². The molecule has 0 radical (unpaired) electrons. The van der Waals surface area contributed by atoms with E-state index in [1.807, 2.05) is 10.3 Å². The molecule has 0 aliphatic carbocycles. The van der Waals surface area contributed by atoms with Crippen LogP contribution in [0.15, 0.2) is 16.6 Å². The van der Waals surface area contributed by atoms with Crippen LogP contribution in [0.3, 0.4) is 0 Å². The lowest BCUT2D eigenvalue weighted by Gasteiger charge is -2.35. The summed E-state index contributed by atoms with van der Waals surface area (Å²) in [4.78, 5) is 12.5. The van der Waals surface area contributed by atoms with Gasteiger partial charge in [0.1, 0.15) is 0 Å². The molecule has 8 nitrogen and oxygen atoms in total. The third-order valence-electron chi connectivity index (χ3n) is 2.94. The van der Waals surface area contributed by atoms with Gasteiger partial charge in [-0.05, 0) is 0 Å². The number of aromatic nitrogens is 1. The van der Waals surface area contributed by atoms with Gasteiger partial charge in [0, 0.05) is 37.8 Å². The highest BCUT2D eigenvalue weighted by Gasteiger charge is 2.19. The summed E-state index contributed by atoms with van der Waals surface area (Å²) in [6, 6.07) is 0. The van der Waals surface area contributed by atoms with Crippen LogP contribution in [0, 0.1) is 0 Å². The fraction of sp³-hybridized carbons (Fsp3) is 0.600. The number of nitrogens with zero attached hydrogens (tertiary/aromatic N) is 4. The van der Waals surface area contributed by atoms with Gasteiger partial charge in [-0.25, -0.2) is 18.5 Å². The number of primary sulfonamides is 1. The molecule has 0 atom stereocenters. The second kappa shape index (κ2) is 8.10. The van der Waals surface area contributed by atoms with Gasteiger partial charge in [0.2, 0.25) is 10.0 Å². The van der Waals surface area contributed by atoms with Gasteiger partial charge in [0.25, 0.3) is 0 Å². The van der Waals surface area contributed by atoms with Crippen LogP contribution in [0.2, 0.25) is 0 Å². The van der Waals surface area contributed by atoms with E-state index in [9.17, 15) is 8.42 Å². The minimum absolute atomic E-state index is 0. The zero-order valence-electron chi connectivity index (χ0n) is 11.4.